The molecule has 748 valence electrons. The lowest BCUT2D eigenvalue weighted by Gasteiger charge is -2.24. The molecular weight excluding hydrogens is 1760 g/mol. The molecule has 0 saturated heterocycles. The van der Waals surface area contributed by atoms with E-state index in [2.05, 4.69) is 583 Å². The highest BCUT2D eigenvalue weighted by Gasteiger charge is 2.40. The molecule has 0 amide bonds. The molecule has 20 rings (SSSR count). The summed E-state index contributed by atoms with van der Waals surface area (Å²) < 4.78 is 0. The molecule has 0 unspecified atom stereocenters. The summed E-state index contributed by atoms with van der Waals surface area (Å²) in [6.07, 6.45) is 0. The van der Waals surface area contributed by atoms with Crippen LogP contribution in [0.25, 0.3) is 77.9 Å². The standard InChI is InChI=1S/2C18H20.C17H18.C17H20.2C15H16.C14H14.C11H16.C10H16Si.C9H12/c1-11-6-7-14-15-9-12(2)8-13(3)17(15)18(4,5)16(14)10-11;1-11-10-15-14-8-6-7-9-16(14)18(4,5)17(15)13(3)12(11)2;1-11-9-12(2)16-13-7-5-6-8-14(13)17(3,4)15(16)10-11;1-11-6-12(2)10-16(9-11)17-14(4)7-13(3)8-15(17)5;1-11-4-6-14(7-5-11)15-9-12(2)8-13(3)10-15;1-11-7-9-14(10-8-11)15-12(2)5-4-6-13(15)3;1-11-8-9-14(10-12(11)2)13-6-4-3-5-7-13;2*1-9-5-7-10(8-6-9)11(2,3)4;1-7-4-5-8(2)9(3)6-7/h2*6-10H,1-5H3;5-10H,1-4H3;6-10H,1-5H3;2*4-10H,1-3H3;3-10H,1-2H3;2*5-8H,1-4H3;4-6H,1-3H3. The van der Waals surface area contributed by atoms with Crippen LogP contribution in [0.4, 0.5) is 0 Å². The average molecular weight is 1930 g/mol. The van der Waals surface area contributed by atoms with Crippen molar-refractivity contribution in [2.75, 3.05) is 0 Å². The quantitative estimate of drug-likeness (QED) is 0.151. The van der Waals surface area contributed by atoms with Crippen LogP contribution >= 0.6 is 0 Å². The molecule has 1 heteroatoms. The average Bonchev–Trinajstić information content (AvgIpc) is 1.58. The third kappa shape index (κ3) is 28.2. The molecule has 17 aromatic carbocycles. The number of hydrogen-bond acceptors (Lipinski definition) is 0. The lowest BCUT2D eigenvalue weighted by atomic mass is 9.79. The minimum atomic E-state index is -1.06. The summed E-state index contributed by atoms with van der Waals surface area (Å²) in [6.45, 7) is 84.3. The molecule has 0 atom stereocenters. The van der Waals surface area contributed by atoms with E-state index in [9.17, 15) is 0 Å². The number of fused-ring (bicyclic) bond motifs is 9. The highest BCUT2D eigenvalue weighted by Crippen LogP contribution is 2.54. The third-order valence-corrected chi connectivity index (χ3v) is 31.7. The van der Waals surface area contributed by atoms with Crippen molar-refractivity contribution in [3.8, 4) is 77.9 Å². The Hall–Kier alpha value is -13.0. The second-order valence-corrected chi connectivity index (χ2v) is 51.0. The fourth-order valence-corrected chi connectivity index (χ4v) is 22.6. The molecule has 3 aliphatic rings. The molecule has 0 fully saturated rings. The predicted molar refractivity (Wildman–Crippen MR) is 644 cm³/mol. The Kier molecular flexibility index (Phi) is 37.1. The van der Waals surface area contributed by atoms with E-state index in [-0.39, 0.29) is 21.7 Å². The maximum atomic E-state index is 2.37. The van der Waals surface area contributed by atoms with Crippen LogP contribution < -0.4 is 5.19 Å². The van der Waals surface area contributed by atoms with Gasteiger partial charge in [-0.3, -0.25) is 0 Å². The van der Waals surface area contributed by atoms with Gasteiger partial charge in [0.15, 0.2) is 0 Å². The van der Waals surface area contributed by atoms with Crippen LogP contribution in [0, 0.1) is 180 Å². The zero-order chi connectivity index (χ0) is 106. The number of aryl methyl sites for hydroxylation is 24. The van der Waals surface area contributed by atoms with E-state index in [1.54, 1.807) is 5.19 Å². The fraction of sp³-hybridized carbons (Fsp3) is 0.292. The van der Waals surface area contributed by atoms with Gasteiger partial charge >= 0.3 is 0 Å². The molecule has 3 aliphatic carbocycles. The van der Waals surface area contributed by atoms with Crippen molar-refractivity contribution in [3.05, 3.63) is 511 Å². The molecule has 0 heterocycles. The molecule has 145 heavy (non-hydrogen) atoms. The Morgan fingerprint density at radius 2 is 0.538 bits per heavy atom. The lowest BCUT2D eigenvalue weighted by molar-refractivity contribution is 0.590. The van der Waals surface area contributed by atoms with Gasteiger partial charge in [-0.05, 0) is 375 Å². The zero-order valence-corrected chi connectivity index (χ0v) is 96.7. The van der Waals surface area contributed by atoms with Gasteiger partial charge in [-0.15, -0.1) is 0 Å². The van der Waals surface area contributed by atoms with E-state index in [0.29, 0.717) is 0 Å². The summed E-state index contributed by atoms with van der Waals surface area (Å²) in [5, 5.41) is 1.54. The minimum Gasteiger partial charge on any atom is -0.0656 e. The minimum absolute atomic E-state index is 0.133. The van der Waals surface area contributed by atoms with Crippen molar-refractivity contribution in [1.29, 1.82) is 0 Å². The van der Waals surface area contributed by atoms with Crippen LogP contribution in [0.5, 0.6) is 0 Å². The van der Waals surface area contributed by atoms with Gasteiger partial charge in [0.05, 0.1) is 8.07 Å². The lowest BCUT2D eigenvalue weighted by Crippen LogP contribution is -2.37. The van der Waals surface area contributed by atoms with Gasteiger partial charge in [-0.25, -0.2) is 0 Å². The first-order valence-electron chi connectivity index (χ1n) is 52.6. The summed E-state index contributed by atoms with van der Waals surface area (Å²) >= 11 is 0. The van der Waals surface area contributed by atoms with Crippen molar-refractivity contribution in [2.24, 2.45) is 0 Å². The van der Waals surface area contributed by atoms with Crippen LogP contribution in [-0.4, -0.2) is 8.07 Å². The van der Waals surface area contributed by atoms with Crippen molar-refractivity contribution in [3.63, 3.8) is 0 Å². The second kappa shape index (κ2) is 47.9. The first kappa shape index (κ1) is 112. The maximum Gasteiger partial charge on any atom is 0.0775 e. The van der Waals surface area contributed by atoms with Crippen LogP contribution in [-0.2, 0) is 21.7 Å². The highest BCUT2D eigenvalue weighted by atomic mass is 28.3. The molecule has 0 N–H and O–H groups in total. The maximum absolute atomic E-state index is 2.37. The second-order valence-electron chi connectivity index (χ2n) is 45.9. The van der Waals surface area contributed by atoms with E-state index in [4.69, 9.17) is 0 Å². The van der Waals surface area contributed by atoms with E-state index in [1.165, 1.54) is 261 Å². The van der Waals surface area contributed by atoms with Gasteiger partial charge < -0.3 is 0 Å². The first-order valence-corrected chi connectivity index (χ1v) is 56.1. The zero-order valence-electron chi connectivity index (χ0n) is 95.7. The van der Waals surface area contributed by atoms with E-state index in [0.717, 1.165) is 0 Å². The number of rotatable bonds is 5. The number of hydrogen-bond donors (Lipinski definition) is 0. The largest absolute Gasteiger partial charge is 0.0775 e. The van der Waals surface area contributed by atoms with Gasteiger partial charge in [0.1, 0.15) is 0 Å². The van der Waals surface area contributed by atoms with Crippen molar-refractivity contribution in [1.82, 2.24) is 0 Å². The summed E-state index contributed by atoms with van der Waals surface area (Å²) in [4.78, 5) is 0. The molecule has 0 radical (unpaired) electrons. The van der Waals surface area contributed by atoms with Crippen molar-refractivity contribution in [2.45, 2.75) is 284 Å². The molecule has 0 bridgehead atoms. The third-order valence-electron chi connectivity index (χ3n) is 29.7. The monoisotopic (exact) mass is 1930 g/mol. The van der Waals surface area contributed by atoms with Gasteiger partial charge in [0.2, 0.25) is 0 Å². The smallest absolute Gasteiger partial charge is 0.0656 e. The molecule has 0 spiro atoms. The molecule has 17 aromatic rings. The number of benzene rings is 17. The Labute approximate surface area is 879 Å². The van der Waals surface area contributed by atoms with Gasteiger partial charge in [0, 0.05) is 16.2 Å². The molecule has 0 saturated carbocycles. The summed E-state index contributed by atoms with van der Waals surface area (Å²) in [6, 6.07) is 119. The van der Waals surface area contributed by atoms with Crippen molar-refractivity contribution < 1.29 is 0 Å². The van der Waals surface area contributed by atoms with Gasteiger partial charge in [-0.2, -0.15) is 0 Å². The van der Waals surface area contributed by atoms with E-state index >= 15 is 0 Å². The predicted octanol–water partition coefficient (Wildman–Crippen LogP) is 40.3. The Morgan fingerprint density at radius 3 is 1.04 bits per heavy atom. The van der Waals surface area contributed by atoms with E-state index < -0.39 is 8.07 Å². The molecule has 0 aromatic heterocycles. The van der Waals surface area contributed by atoms with Gasteiger partial charge in [-0.1, -0.05) is 487 Å². The first-order chi connectivity index (χ1) is 68.1. The topological polar surface area (TPSA) is 0 Å². The normalized spacial score (nSPS) is 12.4. The SMILES string of the molecule is Cc1cc(C)c2c(c1)-c1ccc(C)cc1C2(C)C.Cc1cc(C)c2c(c1)C(C)(C)c1ccccc1-2.Cc1cc(C)cc(-c2c(C)cc(C)cc2C)c1.Cc1cc2c(c(C)c1C)C(C)(C)c1ccccc1-2.Cc1ccc(-c2c(C)cccc2C)cc1.Cc1ccc(-c2cc(C)cc(C)c2)cc1.Cc1ccc(-c2ccccc2)cc1C.Cc1ccc(C(C)(C)C)cc1.Cc1ccc(C)c(C)c1.Cc1ccc([Si](C)(C)C)cc1. The molecular formula is C144H168Si. The van der Waals surface area contributed by atoms with E-state index in [1.807, 2.05) is 6.07 Å². The Bertz CT molecular complexity index is 7220. The summed E-state index contributed by atoms with van der Waals surface area (Å²) in [5.41, 5.74) is 65.6. The van der Waals surface area contributed by atoms with Gasteiger partial charge in [0.25, 0.3) is 0 Å². The van der Waals surface area contributed by atoms with Crippen LogP contribution in [0.15, 0.2) is 328 Å². The van der Waals surface area contributed by atoms with Crippen LogP contribution in [0.3, 0.4) is 0 Å². The fourth-order valence-electron chi connectivity index (χ4n) is 21.4. The molecule has 0 nitrogen and oxygen atoms in total. The van der Waals surface area contributed by atoms with Crippen LogP contribution in [0.1, 0.15) is 246 Å². The Balaban J connectivity index is 0.000000154. The summed E-state index contributed by atoms with van der Waals surface area (Å²) in [7, 11) is -1.06. The Morgan fingerprint density at radius 1 is 0.179 bits per heavy atom. The highest BCUT2D eigenvalue weighted by molar-refractivity contribution is 6.88. The van der Waals surface area contributed by atoms with Crippen LogP contribution in [0.2, 0.25) is 19.6 Å². The van der Waals surface area contributed by atoms with Crippen molar-refractivity contribution >= 4 is 13.3 Å². The summed E-state index contributed by atoms with van der Waals surface area (Å²) in [5.74, 6) is 0. The molecule has 0 aliphatic heterocycles.